The molecule has 2 aromatic carbocycles. The van der Waals surface area contributed by atoms with Gasteiger partial charge in [-0.3, -0.25) is 4.79 Å². The molecule has 0 aliphatic carbocycles. The van der Waals surface area contributed by atoms with E-state index < -0.39 is 5.56 Å². The second kappa shape index (κ2) is 9.80. The minimum Gasteiger partial charge on any atom is -0.490 e. The number of nitrogens with zero attached hydrogens (tertiary/aromatic N) is 5. The number of hydrogen-bond acceptors (Lipinski definition) is 7. The number of aromatic nitrogens is 4. The van der Waals surface area contributed by atoms with Gasteiger partial charge in [0.2, 0.25) is 5.95 Å². The van der Waals surface area contributed by atoms with Crippen LogP contribution in [0, 0.1) is 13.8 Å². The van der Waals surface area contributed by atoms with E-state index in [-0.39, 0.29) is 10.8 Å². The molecule has 0 aliphatic heterocycles. The number of nitrogen functional groups attached to an aromatic ring is 1. The predicted molar refractivity (Wildman–Crippen MR) is 132 cm³/mol. The van der Waals surface area contributed by atoms with E-state index in [1.54, 1.807) is 42.7 Å². The summed E-state index contributed by atoms with van der Waals surface area (Å²) in [4.78, 5) is 16.9. The van der Waals surface area contributed by atoms with Gasteiger partial charge in [-0.05, 0) is 56.7 Å². The molecule has 0 aliphatic rings. The Morgan fingerprint density at radius 1 is 1.12 bits per heavy atom. The molecular formula is C24H23ClN6O3. The molecule has 9 nitrogen and oxygen atoms in total. The van der Waals surface area contributed by atoms with Crippen molar-refractivity contribution in [1.82, 2.24) is 19.4 Å². The normalized spacial score (nSPS) is 11.2. The van der Waals surface area contributed by atoms with Gasteiger partial charge in [-0.2, -0.15) is 14.9 Å². The number of anilines is 1. The van der Waals surface area contributed by atoms with Gasteiger partial charge < -0.3 is 15.2 Å². The van der Waals surface area contributed by atoms with Gasteiger partial charge >= 0.3 is 0 Å². The highest BCUT2D eigenvalue weighted by atomic mass is 35.5. The minimum absolute atomic E-state index is 0.0883. The molecule has 174 valence electrons. The third-order valence-corrected chi connectivity index (χ3v) is 5.17. The Morgan fingerprint density at radius 2 is 1.88 bits per heavy atom. The largest absolute Gasteiger partial charge is 0.490 e. The highest BCUT2D eigenvalue weighted by Crippen LogP contribution is 2.34. The van der Waals surface area contributed by atoms with Crippen molar-refractivity contribution in [1.29, 1.82) is 0 Å². The van der Waals surface area contributed by atoms with Gasteiger partial charge in [0.1, 0.15) is 0 Å². The standard InChI is InChI=1S/C24H23ClN6O3/c1-4-33-20-11-17(12-27-30-14-16(3)29-24(30)26)7-10-19(20)34-21-13-28-31(23(32)22(21)25)18-8-5-15(2)6-9-18/h5-14H,4H2,1-3H3,(H2,26,29). The maximum atomic E-state index is 12.8. The van der Waals surface area contributed by atoms with Gasteiger partial charge in [0, 0.05) is 0 Å². The first kappa shape index (κ1) is 23.1. The van der Waals surface area contributed by atoms with Crippen LogP contribution < -0.4 is 20.8 Å². The Hall–Kier alpha value is -4.11. The second-order valence-electron chi connectivity index (χ2n) is 7.45. The lowest BCUT2D eigenvalue weighted by Crippen LogP contribution is -2.21. The van der Waals surface area contributed by atoms with Gasteiger partial charge in [-0.25, -0.2) is 9.66 Å². The van der Waals surface area contributed by atoms with E-state index in [1.807, 2.05) is 32.9 Å². The summed E-state index contributed by atoms with van der Waals surface area (Å²) < 4.78 is 14.3. The second-order valence-corrected chi connectivity index (χ2v) is 7.82. The predicted octanol–water partition coefficient (Wildman–Crippen LogP) is 4.35. The Labute approximate surface area is 201 Å². The summed E-state index contributed by atoms with van der Waals surface area (Å²) in [5.74, 6) is 1.26. The molecule has 2 heterocycles. The third-order valence-electron chi connectivity index (χ3n) is 4.82. The number of hydrogen-bond donors (Lipinski definition) is 1. The average molecular weight is 479 g/mol. The summed E-state index contributed by atoms with van der Waals surface area (Å²) in [6.07, 6.45) is 4.75. The lowest BCUT2D eigenvalue weighted by Gasteiger charge is -2.13. The zero-order valence-corrected chi connectivity index (χ0v) is 19.7. The van der Waals surface area contributed by atoms with E-state index in [1.165, 1.54) is 15.6 Å². The monoisotopic (exact) mass is 478 g/mol. The molecule has 0 radical (unpaired) electrons. The van der Waals surface area contributed by atoms with E-state index in [2.05, 4.69) is 15.2 Å². The van der Waals surface area contributed by atoms with Gasteiger partial charge in [0.05, 0.1) is 36.6 Å². The Balaban J connectivity index is 1.61. The first-order valence-corrected chi connectivity index (χ1v) is 10.9. The summed E-state index contributed by atoms with van der Waals surface area (Å²) in [7, 11) is 0. The van der Waals surface area contributed by atoms with Crippen molar-refractivity contribution in [2.75, 3.05) is 12.3 Å². The number of nitrogens with two attached hydrogens (primary N) is 1. The Kier molecular flexibility index (Phi) is 6.65. The third kappa shape index (κ3) is 4.94. The Bertz CT molecular complexity index is 1410. The van der Waals surface area contributed by atoms with Crippen LogP contribution in [0.15, 0.2) is 64.8 Å². The molecular weight excluding hydrogens is 456 g/mol. The molecule has 0 saturated carbocycles. The van der Waals surface area contributed by atoms with E-state index in [0.717, 1.165) is 16.8 Å². The highest BCUT2D eigenvalue weighted by Gasteiger charge is 2.15. The van der Waals surface area contributed by atoms with Crippen LogP contribution in [-0.4, -0.2) is 32.3 Å². The van der Waals surface area contributed by atoms with Crippen LogP contribution in [0.3, 0.4) is 0 Å². The molecule has 0 spiro atoms. The molecule has 0 amide bonds. The van der Waals surface area contributed by atoms with E-state index in [4.69, 9.17) is 26.8 Å². The lowest BCUT2D eigenvalue weighted by molar-refractivity contribution is 0.321. The maximum absolute atomic E-state index is 12.8. The molecule has 0 atom stereocenters. The van der Waals surface area contributed by atoms with E-state index in [0.29, 0.717) is 29.7 Å². The van der Waals surface area contributed by atoms with Crippen LogP contribution in [0.5, 0.6) is 17.2 Å². The molecule has 0 unspecified atom stereocenters. The smallest absolute Gasteiger partial charge is 0.294 e. The van der Waals surface area contributed by atoms with Crippen molar-refractivity contribution in [2.24, 2.45) is 5.10 Å². The van der Waals surface area contributed by atoms with Crippen molar-refractivity contribution < 1.29 is 9.47 Å². The molecule has 10 heteroatoms. The number of halogens is 1. The van der Waals surface area contributed by atoms with E-state index in [9.17, 15) is 4.79 Å². The van der Waals surface area contributed by atoms with Gasteiger partial charge in [0.15, 0.2) is 22.3 Å². The fraction of sp³-hybridized carbons (Fsp3) is 0.167. The SMILES string of the molecule is CCOc1cc(C=Nn2cc(C)nc2N)ccc1Oc1cnn(-c2ccc(C)cc2)c(=O)c1Cl. The molecule has 2 aromatic heterocycles. The first-order valence-electron chi connectivity index (χ1n) is 10.5. The van der Waals surface area contributed by atoms with Crippen LogP contribution in [0.25, 0.3) is 5.69 Å². The molecule has 0 bridgehead atoms. The highest BCUT2D eigenvalue weighted by molar-refractivity contribution is 6.31. The van der Waals surface area contributed by atoms with Crippen LogP contribution in [-0.2, 0) is 0 Å². The van der Waals surface area contributed by atoms with Crippen LogP contribution >= 0.6 is 11.6 Å². The summed E-state index contributed by atoms with van der Waals surface area (Å²) in [5.41, 5.74) is 8.53. The average Bonchev–Trinajstić information content (AvgIpc) is 3.14. The zero-order chi connectivity index (χ0) is 24.2. The van der Waals surface area contributed by atoms with Crippen LogP contribution in [0.2, 0.25) is 5.02 Å². The van der Waals surface area contributed by atoms with Crippen molar-refractivity contribution in [3.05, 3.63) is 87.1 Å². The molecule has 0 fully saturated rings. The fourth-order valence-corrected chi connectivity index (χ4v) is 3.33. The lowest BCUT2D eigenvalue weighted by atomic mass is 10.2. The van der Waals surface area contributed by atoms with Gasteiger partial charge in [-0.15, -0.1) is 0 Å². The van der Waals surface area contributed by atoms with E-state index >= 15 is 0 Å². The Morgan fingerprint density at radius 3 is 2.56 bits per heavy atom. The van der Waals surface area contributed by atoms with Crippen molar-refractivity contribution in [3.63, 3.8) is 0 Å². The van der Waals surface area contributed by atoms with Gasteiger partial charge in [0.25, 0.3) is 5.56 Å². The zero-order valence-electron chi connectivity index (χ0n) is 18.9. The van der Waals surface area contributed by atoms with Crippen molar-refractivity contribution in [3.8, 4) is 22.9 Å². The fourth-order valence-electron chi connectivity index (χ4n) is 3.16. The van der Waals surface area contributed by atoms with Crippen molar-refractivity contribution in [2.45, 2.75) is 20.8 Å². The summed E-state index contributed by atoms with van der Waals surface area (Å²) in [5, 5.41) is 8.44. The molecule has 2 N–H and O–H groups in total. The quantitative estimate of drug-likeness (QED) is 0.395. The molecule has 34 heavy (non-hydrogen) atoms. The van der Waals surface area contributed by atoms with Crippen LogP contribution in [0.1, 0.15) is 23.7 Å². The first-order chi connectivity index (χ1) is 16.4. The summed E-state index contributed by atoms with van der Waals surface area (Å²) in [6, 6.07) is 12.6. The number of aryl methyl sites for hydroxylation is 2. The number of ether oxygens (including phenoxy) is 2. The molecule has 4 aromatic rings. The molecule has 4 rings (SSSR count). The topological polar surface area (TPSA) is 110 Å². The van der Waals surface area contributed by atoms with Crippen molar-refractivity contribution >= 4 is 23.8 Å². The van der Waals surface area contributed by atoms with Gasteiger partial charge in [-0.1, -0.05) is 29.3 Å². The molecule has 0 saturated heterocycles. The number of imidazole rings is 1. The van der Waals surface area contributed by atoms with Crippen LogP contribution in [0.4, 0.5) is 5.95 Å². The summed E-state index contributed by atoms with van der Waals surface area (Å²) >= 11 is 6.34. The minimum atomic E-state index is -0.488. The number of benzene rings is 2. The summed E-state index contributed by atoms with van der Waals surface area (Å²) in [6.45, 7) is 6.06. The maximum Gasteiger partial charge on any atom is 0.294 e. The number of rotatable bonds is 7.